The highest BCUT2D eigenvalue weighted by molar-refractivity contribution is 5.97. The van der Waals surface area contributed by atoms with Crippen molar-refractivity contribution < 1.29 is 14.3 Å². The van der Waals surface area contributed by atoms with Crippen LogP contribution in [0.25, 0.3) is 0 Å². The van der Waals surface area contributed by atoms with Gasteiger partial charge in [0.15, 0.2) is 0 Å². The van der Waals surface area contributed by atoms with Crippen LogP contribution in [0.15, 0.2) is 18.2 Å². The summed E-state index contributed by atoms with van der Waals surface area (Å²) in [5.74, 6) is 0.915. The second-order valence-corrected chi connectivity index (χ2v) is 7.77. The summed E-state index contributed by atoms with van der Waals surface area (Å²) in [6, 6.07) is 5.54. The van der Waals surface area contributed by atoms with Gasteiger partial charge >= 0.3 is 0 Å². The largest absolute Gasteiger partial charge is 0.378 e. The van der Waals surface area contributed by atoms with E-state index in [0.717, 1.165) is 24.3 Å². The van der Waals surface area contributed by atoms with Gasteiger partial charge in [-0.2, -0.15) is 0 Å². The monoisotopic (exact) mass is 373 g/mol. The number of anilines is 1. The molecule has 0 aromatic heterocycles. The number of carbonyl (C=O) groups is 2. The van der Waals surface area contributed by atoms with E-state index in [1.165, 1.54) is 12.8 Å². The fourth-order valence-electron chi connectivity index (χ4n) is 3.86. The van der Waals surface area contributed by atoms with Gasteiger partial charge in [-0.1, -0.05) is 13.0 Å². The molecule has 1 aromatic carbocycles. The number of benzene rings is 1. The average Bonchev–Trinajstić information content (AvgIpc) is 2.70. The summed E-state index contributed by atoms with van der Waals surface area (Å²) in [6.07, 6.45) is 2.87. The molecule has 0 spiro atoms. The van der Waals surface area contributed by atoms with Gasteiger partial charge in [-0.05, 0) is 62.4 Å². The summed E-state index contributed by atoms with van der Waals surface area (Å²) in [4.78, 5) is 27.0. The number of piperidine rings is 1. The summed E-state index contributed by atoms with van der Waals surface area (Å²) < 4.78 is 5.31. The summed E-state index contributed by atoms with van der Waals surface area (Å²) in [6.45, 7) is 8.57. The second-order valence-electron chi connectivity index (χ2n) is 7.77. The number of ether oxygens (including phenoxy) is 1. The van der Waals surface area contributed by atoms with Crippen molar-refractivity contribution >= 4 is 17.5 Å². The van der Waals surface area contributed by atoms with Crippen LogP contribution in [0.4, 0.5) is 5.69 Å². The van der Waals surface area contributed by atoms with E-state index in [1.807, 2.05) is 19.1 Å². The average molecular weight is 373 g/mol. The van der Waals surface area contributed by atoms with Crippen molar-refractivity contribution in [2.24, 2.45) is 11.8 Å². The number of nitrogens with zero attached hydrogens (tertiary/aromatic N) is 1. The van der Waals surface area contributed by atoms with E-state index in [1.54, 1.807) is 11.0 Å². The summed E-state index contributed by atoms with van der Waals surface area (Å²) in [5.41, 5.74) is 2.31. The van der Waals surface area contributed by atoms with Crippen molar-refractivity contribution in [3.05, 3.63) is 29.3 Å². The Balaban J connectivity index is 1.61. The lowest BCUT2D eigenvalue weighted by atomic mass is 9.85. The maximum atomic E-state index is 12.7. The predicted octanol–water partition coefficient (Wildman–Crippen LogP) is 2.43. The fourth-order valence-corrected chi connectivity index (χ4v) is 3.86. The van der Waals surface area contributed by atoms with Gasteiger partial charge in [0.1, 0.15) is 0 Å². The highest BCUT2D eigenvalue weighted by Gasteiger charge is 2.23. The Kier molecular flexibility index (Phi) is 6.85. The summed E-state index contributed by atoms with van der Waals surface area (Å²) >= 11 is 0. The van der Waals surface area contributed by atoms with E-state index < -0.39 is 0 Å². The SMILES string of the molecule is Cc1ccc(C(=O)N2CCOCC2)cc1NC(=O)CC(C)C1CCCNC1. The van der Waals surface area contributed by atoms with Gasteiger partial charge in [0.05, 0.1) is 13.2 Å². The molecule has 148 valence electrons. The highest BCUT2D eigenvalue weighted by Crippen LogP contribution is 2.24. The first-order valence-electron chi connectivity index (χ1n) is 10.0. The number of hydrogen-bond acceptors (Lipinski definition) is 4. The van der Waals surface area contributed by atoms with Crippen LogP contribution < -0.4 is 10.6 Å². The van der Waals surface area contributed by atoms with Crippen LogP contribution in [0.3, 0.4) is 0 Å². The molecule has 27 heavy (non-hydrogen) atoms. The number of rotatable bonds is 5. The molecule has 0 radical (unpaired) electrons. The van der Waals surface area contributed by atoms with E-state index in [4.69, 9.17) is 4.74 Å². The van der Waals surface area contributed by atoms with Crippen molar-refractivity contribution in [3.63, 3.8) is 0 Å². The minimum atomic E-state index is -0.00422. The van der Waals surface area contributed by atoms with Crippen molar-refractivity contribution in [1.29, 1.82) is 0 Å². The van der Waals surface area contributed by atoms with Gasteiger partial charge in [-0.15, -0.1) is 0 Å². The molecule has 6 nitrogen and oxygen atoms in total. The molecule has 2 unspecified atom stereocenters. The highest BCUT2D eigenvalue weighted by atomic mass is 16.5. The molecule has 0 saturated carbocycles. The smallest absolute Gasteiger partial charge is 0.254 e. The number of aryl methyl sites for hydroxylation is 1. The van der Waals surface area contributed by atoms with Gasteiger partial charge in [0.25, 0.3) is 5.91 Å². The van der Waals surface area contributed by atoms with E-state index in [2.05, 4.69) is 17.6 Å². The topological polar surface area (TPSA) is 70.7 Å². The van der Waals surface area contributed by atoms with Crippen LogP contribution in [0.5, 0.6) is 0 Å². The molecule has 2 atom stereocenters. The lowest BCUT2D eigenvalue weighted by Gasteiger charge is -2.28. The Hall–Kier alpha value is -1.92. The summed E-state index contributed by atoms with van der Waals surface area (Å²) in [7, 11) is 0. The third-order valence-electron chi connectivity index (χ3n) is 5.70. The molecular weight excluding hydrogens is 342 g/mol. The van der Waals surface area contributed by atoms with Gasteiger partial charge in [0.2, 0.25) is 5.91 Å². The van der Waals surface area contributed by atoms with E-state index in [-0.39, 0.29) is 11.8 Å². The maximum Gasteiger partial charge on any atom is 0.254 e. The normalized spacial score (nSPS) is 21.6. The molecule has 0 bridgehead atoms. The van der Waals surface area contributed by atoms with Crippen LogP contribution in [-0.2, 0) is 9.53 Å². The minimum Gasteiger partial charge on any atom is -0.378 e. The Morgan fingerprint density at radius 3 is 2.81 bits per heavy atom. The zero-order valence-electron chi connectivity index (χ0n) is 16.4. The fraction of sp³-hybridized carbons (Fsp3) is 0.619. The molecule has 0 aliphatic carbocycles. The maximum absolute atomic E-state index is 12.7. The summed E-state index contributed by atoms with van der Waals surface area (Å²) in [5, 5.41) is 6.44. The number of nitrogens with one attached hydrogen (secondary N) is 2. The number of hydrogen-bond donors (Lipinski definition) is 2. The van der Waals surface area contributed by atoms with Crippen LogP contribution in [-0.4, -0.2) is 56.1 Å². The van der Waals surface area contributed by atoms with Gasteiger partial charge in [0, 0.05) is 30.8 Å². The second kappa shape index (κ2) is 9.33. The first-order chi connectivity index (χ1) is 13.0. The number of morpholine rings is 1. The molecule has 3 rings (SSSR count). The molecule has 2 aliphatic heterocycles. The molecule has 2 amide bonds. The predicted molar refractivity (Wildman–Crippen MR) is 106 cm³/mol. The third kappa shape index (κ3) is 5.30. The van der Waals surface area contributed by atoms with Crippen LogP contribution >= 0.6 is 0 Å². The number of carbonyl (C=O) groups excluding carboxylic acids is 2. The minimum absolute atomic E-state index is 0.00422. The van der Waals surface area contributed by atoms with Crippen molar-refractivity contribution in [3.8, 4) is 0 Å². The zero-order chi connectivity index (χ0) is 19.2. The first kappa shape index (κ1) is 19.8. The molecule has 2 fully saturated rings. The van der Waals surface area contributed by atoms with Crippen LogP contribution in [0, 0.1) is 18.8 Å². The third-order valence-corrected chi connectivity index (χ3v) is 5.70. The van der Waals surface area contributed by atoms with Crippen molar-refractivity contribution in [1.82, 2.24) is 10.2 Å². The molecule has 2 saturated heterocycles. The standard InChI is InChI=1S/C21H31N3O3/c1-15-5-6-17(21(26)24-8-10-27-11-9-24)13-19(15)23-20(25)12-16(2)18-4-3-7-22-14-18/h5-6,13,16,18,22H,3-4,7-12,14H2,1-2H3,(H,23,25). The van der Waals surface area contributed by atoms with Crippen molar-refractivity contribution in [2.75, 3.05) is 44.7 Å². The van der Waals surface area contributed by atoms with E-state index in [0.29, 0.717) is 50.1 Å². The van der Waals surface area contributed by atoms with Gasteiger partial charge < -0.3 is 20.3 Å². The molecule has 1 aromatic rings. The quantitative estimate of drug-likeness (QED) is 0.832. The Morgan fingerprint density at radius 2 is 2.11 bits per heavy atom. The van der Waals surface area contributed by atoms with Crippen LogP contribution in [0.1, 0.15) is 42.1 Å². The molecule has 2 aliphatic rings. The zero-order valence-corrected chi connectivity index (χ0v) is 16.4. The lowest BCUT2D eigenvalue weighted by Crippen LogP contribution is -2.40. The lowest BCUT2D eigenvalue weighted by molar-refractivity contribution is -0.117. The van der Waals surface area contributed by atoms with Gasteiger partial charge in [-0.3, -0.25) is 9.59 Å². The van der Waals surface area contributed by atoms with Crippen molar-refractivity contribution in [2.45, 2.75) is 33.1 Å². The van der Waals surface area contributed by atoms with Crippen LogP contribution in [0.2, 0.25) is 0 Å². The molecule has 6 heteroatoms. The Labute approximate surface area is 161 Å². The Bertz CT molecular complexity index is 665. The first-order valence-corrected chi connectivity index (χ1v) is 10.0. The molecular formula is C21H31N3O3. The molecule has 2 N–H and O–H groups in total. The number of amides is 2. The van der Waals surface area contributed by atoms with E-state index in [9.17, 15) is 9.59 Å². The van der Waals surface area contributed by atoms with Gasteiger partial charge in [-0.25, -0.2) is 0 Å². The van der Waals surface area contributed by atoms with E-state index >= 15 is 0 Å². The molecule has 2 heterocycles. The Morgan fingerprint density at radius 1 is 1.33 bits per heavy atom.